The van der Waals surface area contributed by atoms with Gasteiger partial charge in [0.05, 0.1) is 5.92 Å². The molecule has 62 valence electrons. The summed E-state index contributed by atoms with van der Waals surface area (Å²) in [5.41, 5.74) is 3.54. The van der Waals surface area contributed by atoms with Crippen LogP contribution in [0.1, 0.15) is 19.3 Å². The molecule has 0 aromatic carbocycles. The molecule has 1 rings (SSSR count). The van der Waals surface area contributed by atoms with Gasteiger partial charge in [0.15, 0.2) is 0 Å². The molecular formula is C8H13NO2. The van der Waals surface area contributed by atoms with E-state index in [4.69, 9.17) is 0 Å². The van der Waals surface area contributed by atoms with Crippen molar-refractivity contribution >= 4 is 5.97 Å². The maximum absolute atomic E-state index is 11.1. The van der Waals surface area contributed by atoms with E-state index in [2.05, 4.69) is 16.9 Å². The number of nitrogens with one attached hydrogen (secondary N) is 1. The van der Waals surface area contributed by atoms with Crippen molar-refractivity contribution in [2.75, 3.05) is 7.05 Å². The van der Waals surface area contributed by atoms with Crippen molar-refractivity contribution in [2.45, 2.75) is 19.3 Å². The van der Waals surface area contributed by atoms with Gasteiger partial charge in [-0.15, -0.1) is 0 Å². The highest BCUT2D eigenvalue weighted by molar-refractivity contribution is 5.73. The molecule has 1 fully saturated rings. The molecule has 0 amide bonds. The maximum Gasteiger partial charge on any atom is 0.328 e. The minimum atomic E-state index is -0.161. The highest BCUT2D eigenvalue weighted by Crippen LogP contribution is 2.29. The summed E-state index contributed by atoms with van der Waals surface area (Å²) in [5.74, 6) is -0.124. The lowest BCUT2D eigenvalue weighted by atomic mass is 10.1. The number of hydroxylamine groups is 1. The quantitative estimate of drug-likeness (QED) is 0.478. The first-order valence-electron chi connectivity index (χ1n) is 3.78. The zero-order valence-corrected chi connectivity index (χ0v) is 6.72. The lowest BCUT2D eigenvalue weighted by Crippen LogP contribution is -2.21. The standard InChI is InChI=1S/C8H13NO2/c1-6-3-4-7(5-6)8(10)11-9-2/h7,9H,1,3-5H2,2H3. The molecule has 3 heteroatoms. The SMILES string of the molecule is C=C1CCC(C(=O)ONC)C1. The van der Waals surface area contributed by atoms with E-state index in [-0.39, 0.29) is 11.9 Å². The number of allylic oxidation sites excluding steroid dienone is 1. The number of carbonyl (C=O) groups excluding carboxylic acids is 1. The van der Waals surface area contributed by atoms with E-state index >= 15 is 0 Å². The summed E-state index contributed by atoms with van der Waals surface area (Å²) in [6, 6.07) is 0. The summed E-state index contributed by atoms with van der Waals surface area (Å²) < 4.78 is 0. The van der Waals surface area contributed by atoms with Crippen molar-refractivity contribution < 1.29 is 9.63 Å². The van der Waals surface area contributed by atoms with E-state index in [1.807, 2.05) is 0 Å². The summed E-state index contributed by atoms with van der Waals surface area (Å²) in [6.07, 6.45) is 2.64. The molecule has 1 unspecified atom stereocenters. The van der Waals surface area contributed by atoms with Crippen LogP contribution in [0.25, 0.3) is 0 Å². The smallest absolute Gasteiger partial charge is 0.328 e. The Bertz CT molecular complexity index is 177. The highest BCUT2D eigenvalue weighted by Gasteiger charge is 2.26. The Balaban J connectivity index is 2.37. The van der Waals surface area contributed by atoms with Gasteiger partial charge < -0.3 is 4.84 Å². The molecule has 0 aromatic rings. The van der Waals surface area contributed by atoms with Crippen LogP contribution in [0.3, 0.4) is 0 Å². The van der Waals surface area contributed by atoms with Gasteiger partial charge in [-0.2, -0.15) is 5.48 Å². The van der Waals surface area contributed by atoms with E-state index in [9.17, 15) is 4.79 Å². The number of carbonyl (C=O) groups is 1. The fourth-order valence-electron chi connectivity index (χ4n) is 1.32. The number of hydrogen-bond donors (Lipinski definition) is 1. The first kappa shape index (κ1) is 8.27. The van der Waals surface area contributed by atoms with Crippen LogP contribution in [-0.2, 0) is 9.63 Å². The van der Waals surface area contributed by atoms with Gasteiger partial charge in [0, 0.05) is 7.05 Å². The third-order valence-corrected chi connectivity index (χ3v) is 1.92. The van der Waals surface area contributed by atoms with Gasteiger partial charge in [-0.25, -0.2) is 0 Å². The molecule has 11 heavy (non-hydrogen) atoms. The van der Waals surface area contributed by atoms with Crippen molar-refractivity contribution in [2.24, 2.45) is 5.92 Å². The second-order valence-corrected chi connectivity index (χ2v) is 2.81. The van der Waals surface area contributed by atoms with Gasteiger partial charge in [0.25, 0.3) is 0 Å². The fourth-order valence-corrected chi connectivity index (χ4v) is 1.32. The minimum Gasteiger partial charge on any atom is -0.371 e. The van der Waals surface area contributed by atoms with Crippen LogP contribution >= 0.6 is 0 Å². The average Bonchev–Trinajstić information content (AvgIpc) is 2.36. The van der Waals surface area contributed by atoms with Gasteiger partial charge in [0.1, 0.15) is 0 Å². The molecule has 0 spiro atoms. The monoisotopic (exact) mass is 155 g/mol. The minimum absolute atomic E-state index is 0.0370. The summed E-state index contributed by atoms with van der Waals surface area (Å²) >= 11 is 0. The van der Waals surface area contributed by atoms with Crippen LogP contribution in [-0.4, -0.2) is 13.0 Å². The Labute approximate surface area is 66.4 Å². The Morgan fingerprint density at radius 2 is 2.55 bits per heavy atom. The van der Waals surface area contributed by atoms with Crippen molar-refractivity contribution in [3.05, 3.63) is 12.2 Å². The van der Waals surface area contributed by atoms with Gasteiger partial charge in [0.2, 0.25) is 0 Å². The third-order valence-electron chi connectivity index (χ3n) is 1.92. The molecule has 0 bridgehead atoms. The molecule has 1 N–H and O–H groups in total. The van der Waals surface area contributed by atoms with Crippen LogP contribution in [0, 0.1) is 5.92 Å². The Hall–Kier alpha value is -0.830. The largest absolute Gasteiger partial charge is 0.371 e. The number of rotatable bonds is 2. The molecule has 1 saturated carbocycles. The van der Waals surface area contributed by atoms with Gasteiger partial charge >= 0.3 is 5.97 Å². The van der Waals surface area contributed by atoms with Gasteiger partial charge in [-0.05, 0) is 19.3 Å². The molecule has 3 nitrogen and oxygen atoms in total. The molecule has 1 atom stereocenters. The van der Waals surface area contributed by atoms with Crippen LogP contribution in [0.4, 0.5) is 0 Å². The van der Waals surface area contributed by atoms with E-state index in [0.29, 0.717) is 0 Å². The zero-order valence-electron chi connectivity index (χ0n) is 6.72. The van der Waals surface area contributed by atoms with E-state index < -0.39 is 0 Å². The van der Waals surface area contributed by atoms with E-state index in [1.165, 1.54) is 0 Å². The lowest BCUT2D eigenvalue weighted by molar-refractivity contribution is -0.154. The molecule has 0 saturated heterocycles. The molecule has 1 aliphatic carbocycles. The third kappa shape index (κ3) is 2.05. The maximum atomic E-state index is 11.1. The van der Waals surface area contributed by atoms with Crippen LogP contribution in [0.2, 0.25) is 0 Å². The molecule has 0 aromatic heterocycles. The fraction of sp³-hybridized carbons (Fsp3) is 0.625. The van der Waals surface area contributed by atoms with Crippen molar-refractivity contribution in [1.82, 2.24) is 5.48 Å². The highest BCUT2D eigenvalue weighted by atomic mass is 16.7. The molecule has 1 aliphatic rings. The lowest BCUT2D eigenvalue weighted by Gasteiger charge is -2.05. The molecular weight excluding hydrogens is 142 g/mol. The summed E-state index contributed by atoms with van der Waals surface area (Å²) in [5, 5.41) is 0. The first-order valence-corrected chi connectivity index (χ1v) is 3.78. The van der Waals surface area contributed by atoms with Crippen LogP contribution in [0.15, 0.2) is 12.2 Å². The van der Waals surface area contributed by atoms with Gasteiger partial charge in [-0.3, -0.25) is 4.79 Å². The van der Waals surface area contributed by atoms with E-state index in [0.717, 1.165) is 24.8 Å². The Morgan fingerprint density at radius 1 is 1.82 bits per heavy atom. The van der Waals surface area contributed by atoms with Crippen LogP contribution in [0.5, 0.6) is 0 Å². The topological polar surface area (TPSA) is 38.3 Å². The normalized spacial score (nSPS) is 23.7. The van der Waals surface area contributed by atoms with E-state index in [1.54, 1.807) is 7.05 Å². The summed E-state index contributed by atoms with van der Waals surface area (Å²) in [7, 11) is 1.58. The second kappa shape index (κ2) is 3.53. The Morgan fingerprint density at radius 3 is 3.00 bits per heavy atom. The summed E-state index contributed by atoms with van der Waals surface area (Å²) in [4.78, 5) is 15.7. The predicted molar refractivity (Wildman–Crippen MR) is 41.6 cm³/mol. The predicted octanol–water partition coefficient (Wildman–Crippen LogP) is 1.02. The summed E-state index contributed by atoms with van der Waals surface area (Å²) in [6.45, 7) is 3.82. The van der Waals surface area contributed by atoms with Crippen LogP contribution < -0.4 is 5.48 Å². The van der Waals surface area contributed by atoms with Crippen molar-refractivity contribution in [3.63, 3.8) is 0 Å². The molecule has 0 heterocycles. The van der Waals surface area contributed by atoms with Crippen molar-refractivity contribution in [3.8, 4) is 0 Å². The van der Waals surface area contributed by atoms with Crippen molar-refractivity contribution in [1.29, 1.82) is 0 Å². The molecule has 0 radical (unpaired) electrons. The zero-order chi connectivity index (χ0) is 8.27. The number of hydrogen-bond acceptors (Lipinski definition) is 3. The first-order chi connectivity index (χ1) is 5.24. The molecule has 0 aliphatic heterocycles. The van der Waals surface area contributed by atoms with Gasteiger partial charge in [-0.1, -0.05) is 12.2 Å². The Kier molecular flexibility index (Phi) is 2.65. The second-order valence-electron chi connectivity index (χ2n) is 2.81. The average molecular weight is 155 g/mol.